The van der Waals surface area contributed by atoms with Crippen LogP contribution in [-0.4, -0.2) is 23.8 Å². The molecular weight excluding hydrogens is 370 g/mol. The van der Waals surface area contributed by atoms with Gasteiger partial charge in [-0.05, 0) is 53.0 Å². The van der Waals surface area contributed by atoms with Crippen molar-refractivity contribution in [3.05, 3.63) is 64.1 Å². The Morgan fingerprint density at radius 2 is 1.96 bits per heavy atom. The van der Waals surface area contributed by atoms with Gasteiger partial charge in [-0.1, -0.05) is 36.4 Å². The van der Waals surface area contributed by atoms with E-state index < -0.39 is 12.1 Å². The second kappa shape index (κ2) is 8.85. The maximum absolute atomic E-state index is 11.8. The lowest BCUT2D eigenvalue weighted by Gasteiger charge is -2.23. The number of anilines is 1. The summed E-state index contributed by atoms with van der Waals surface area (Å²) in [6, 6.07) is 15.5. The molecule has 0 spiro atoms. The molecule has 2 N–H and O–H groups in total. The number of carbonyl (C=O) groups is 1. The van der Waals surface area contributed by atoms with Crippen molar-refractivity contribution in [2.75, 3.05) is 11.9 Å². The number of rotatable bonds is 7. The van der Waals surface area contributed by atoms with Gasteiger partial charge in [0.25, 0.3) is 0 Å². The van der Waals surface area contributed by atoms with Gasteiger partial charge in [0.1, 0.15) is 0 Å². The van der Waals surface area contributed by atoms with Crippen molar-refractivity contribution >= 4 is 27.6 Å². The highest BCUT2D eigenvalue weighted by Crippen LogP contribution is 2.30. The molecule has 2 aromatic carbocycles. The fourth-order valence-electron chi connectivity index (χ4n) is 2.45. The molecule has 0 aliphatic carbocycles. The minimum atomic E-state index is -1.17. The Kier molecular flexibility index (Phi) is 6.82. The largest absolute Gasteiger partial charge is 0.464 e. The molecule has 24 heavy (non-hydrogen) atoms. The molecule has 2 rings (SSSR count). The minimum absolute atomic E-state index is 0.218. The van der Waals surface area contributed by atoms with E-state index in [1.807, 2.05) is 55.5 Å². The van der Waals surface area contributed by atoms with Crippen molar-refractivity contribution in [1.82, 2.24) is 0 Å². The predicted molar refractivity (Wildman–Crippen MR) is 98.9 cm³/mol. The Labute approximate surface area is 151 Å². The van der Waals surface area contributed by atoms with E-state index >= 15 is 0 Å². The molecule has 0 bridgehead atoms. The van der Waals surface area contributed by atoms with Crippen LogP contribution in [0.25, 0.3) is 0 Å². The van der Waals surface area contributed by atoms with Gasteiger partial charge in [0.05, 0.1) is 12.6 Å². The van der Waals surface area contributed by atoms with Crippen LogP contribution in [0.2, 0.25) is 0 Å². The van der Waals surface area contributed by atoms with E-state index in [2.05, 4.69) is 21.2 Å². The van der Waals surface area contributed by atoms with Crippen molar-refractivity contribution in [3.63, 3.8) is 0 Å². The van der Waals surface area contributed by atoms with Gasteiger partial charge in [-0.2, -0.15) is 0 Å². The Bertz CT molecular complexity index is 676. The summed E-state index contributed by atoms with van der Waals surface area (Å²) in [7, 11) is 0. The second-order valence-electron chi connectivity index (χ2n) is 5.59. The number of aliphatic hydroxyl groups excluding tert-OH is 1. The molecule has 0 saturated heterocycles. The summed E-state index contributed by atoms with van der Waals surface area (Å²) < 4.78 is 5.84. The van der Waals surface area contributed by atoms with Gasteiger partial charge in [-0.15, -0.1) is 0 Å². The first kappa shape index (κ1) is 18.5. The zero-order valence-electron chi connectivity index (χ0n) is 13.8. The molecule has 128 valence electrons. The highest BCUT2D eigenvalue weighted by molar-refractivity contribution is 9.10. The summed E-state index contributed by atoms with van der Waals surface area (Å²) in [5.74, 6) is -0.594. The molecule has 0 aromatic heterocycles. The van der Waals surface area contributed by atoms with Crippen LogP contribution in [0.4, 0.5) is 5.69 Å². The molecule has 0 amide bonds. The third-order valence-electron chi connectivity index (χ3n) is 3.67. The number of hydrogen-bond donors (Lipinski definition) is 2. The highest BCUT2D eigenvalue weighted by Gasteiger charge is 2.23. The van der Waals surface area contributed by atoms with E-state index in [0.717, 1.165) is 21.3 Å². The number of hydrogen-bond acceptors (Lipinski definition) is 4. The second-order valence-corrected chi connectivity index (χ2v) is 6.45. The van der Waals surface area contributed by atoms with Crippen LogP contribution in [0.15, 0.2) is 53.0 Å². The van der Waals surface area contributed by atoms with Crippen molar-refractivity contribution < 1.29 is 14.6 Å². The van der Waals surface area contributed by atoms with Crippen molar-refractivity contribution in [3.8, 4) is 0 Å². The van der Waals surface area contributed by atoms with Gasteiger partial charge in [0.2, 0.25) is 0 Å². The summed E-state index contributed by atoms with van der Waals surface area (Å²) in [6.07, 6.45) is -0.949. The van der Waals surface area contributed by atoms with Gasteiger partial charge in [0, 0.05) is 16.6 Å². The first-order valence-electron chi connectivity index (χ1n) is 7.93. The summed E-state index contributed by atoms with van der Waals surface area (Å²) in [5.41, 5.74) is 3.05. The van der Waals surface area contributed by atoms with Crippen LogP contribution >= 0.6 is 15.9 Å². The standard InChI is InChI=1S/C19H22BrNO3/c1-3-24-19(23)18(22)12-17(14-7-5-4-6-8-14)21-16-10-9-13(2)11-15(16)20/h4-11,17-18,21-22H,3,12H2,1-2H3. The Morgan fingerprint density at radius 3 is 2.58 bits per heavy atom. The van der Waals surface area contributed by atoms with Gasteiger partial charge in [-0.25, -0.2) is 4.79 Å². The van der Waals surface area contributed by atoms with E-state index in [4.69, 9.17) is 4.74 Å². The van der Waals surface area contributed by atoms with E-state index in [1.165, 1.54) is 0 Å². The average Bonchev–Trinajstić information content (AvgIpc) is 2.57. The third-order valence-corrected chi connectivity index (χ3v) is 4.33. The summed E-state index contributed by atoms with van der Waals surface area (Å²) in [4.78, 5) is 11.8. The predicted octanol–water partition coefficient (Wildman–Crippen LogP) is 4.22. The molecule has 2 aromatic rings. The lowest BCUT2D eigenvalue weighted by atomic mass is 10.00. The molecule has 0 saturated carbocycles. The molecular formula is C19H22BrNO3. The zero-order chi connectivity index (χ0) is 17.5. The van der Waals surface area contributed by atoms with Crippen molar-refractivity contribution in [1.29, 1.82) is 0 Å². The number of aryl methyl sites for hydroxylation is 1. The molecule has 2 unspecified atom stereocenters. The summed E-state index contributed by atoms with van der Waals surface area (Å²) >= 11 is 3.55. The van der Waals surface area contributed by atoms with Gasteiger partial charge < -0.3 is 15.2 Å². The smallest absolute Gasteiger partial charge is 0.335 e. The van der Waals surface area contributed by atoms with Gasteiger partial charge in [0.15, 0.2) is 6.10 Å². The zero-order valence-corrected chi connectivity index (χ0v) is 15.4. The van der Waals surface area contributed by atoms with E-state index in [1.54, 1.807) is 6.92 Å². The van der Waals surface area contributed by atoms with E-state index in [-0.39, 0.29) is 19.1 Å². The molecule has 0 aliphatic heterocycles. The number of benzene rings is 2. The van der Waals surface area contributed by atoms with Gasteiger partial charge in [-0.3, -0.25) is 0 Å². The van der Waals surface area contributed by atoms with Crippen LogP contribution in [-0.2, 0) is 9.53 Å². The van der Waals surface area contributed by atoms with Crippen LogP contribution in [0.3, 0.4) is 0 Å². The van der Waals surface area contributed by atoms with Crippen LogP contribution < -0.4 is 5.32 Å². The highest BCUT2D eigenvalue weighted by atomic mass is 79.9. The maximum atomic E-state index is 11.8. The number of nitrogens with one attached hydrogen (secondary N) is 1. The Balaban J connectivity index is 2.21. The quantitative estimate of drug-likeness (QED) is 0.693. The third kappa shape index (κ3) is 5.08. The molecule has 5 heteroatoms. The fourth-order valence-corrected chi connectivity index (χ4v) is 3.05. The average molecular weight is 392 g/mol. The van der Waals surface area contributed by atoms with Gasteiger partial charge >= 0.3 is 5.97 Å². The normalized spacial score (nSPS) is 13.2. The van der Waals surface area contributed by atoms with Crippen LogP contribution in [0.1, 0.15) is 30.5 Å². The van der Waals surface area contributed by atoms with E-state index in [0.29, 0.717) is 0 Å². The molecule has 0 aliphatic rings. The summed E-state index contributed by atoms with van der Waals surface area (Å²) in [5, 5.41) is 13.5. The number of aliphatic hydroxyl groups is 1. The van der Waals surface area contributed by atoms with Crippen molar-refractivity contribution in [2.45, 2.75) is 32.4 Å². The number of halogens is 1. The molecule has 4 nitrogen and oxygen atoms in total. The lowest BCUT2D eigenvalue weighted by molar-refractivity contribution is -0.153. The number of carbonyl (C=O) groups excluding carboxylic acids is 1. The molecule has 2 atom stereocenters. The lowest BCUT2D eigenvalue weighted by Crippen LogP contribution is -2.27. The van der Waals surface area contributed by atoms with E-state index in [9.17, 15) is 9.90 Å². The first-order chi connectivity index (χ1) is 11.5. The summed E-state index contributed by atoms with van der Waals surface area (Å²) in [6.45, 7) is 4.00. The fraction of sp³-hybridized carbons (Fsp3) is 0.316. The van der Waals surface area contributed by atoms with Crippen molar-refractivity contribution in [2.24, 2.45) is 0 Å². The Morgan fingerprint density at radius 1 is 1.25 bits per heavy atom. The molecule has 0 heterocycles. The molecule has 0 radical (unpaired) electrons. The Hall–Kier alpha value is -1.85. The number of ether oxygens (including phenoxy) is 1. The van der Waals surface area contributed by atoms with Crippen LogP contribution in [0.5, 0.6) is 0 Å². The number of esters is 1. The monoisotopic (exact) mass is 391 g/mol. The van der Waals surface area contributed by atoms with Crippen LogP contribution in [0, 0.1) is 6.92 Å². The maximum Gasteiger partial charge on any atom is 0.335 e. The SMILES string of the molecule is CCOC(=O)C(O)CC(Nc1ccc(C)cc1Br)c1ccccc1. The minimum Gasteiger partial charge on any atom is -0.464 e. The molecule has 0 fully saturated rings. The topological polar surface area (TPSA) is 58.6 Å². The first-order valence-corrected chi connectivity index (χ1v) is 8.73.